The standard InChI is InChI=1S/C15H27NO/c1-3-12-5-4-6-13(11-12)14(17)15(2)7-9-16-10-8-15/h12-13,16H,3-11H2,1-2H3. The van der Waals surface area contributed by atoms with Crippen LogP contribution in [0.1, 0.15) is 58.8 Å². The van der Waals surface area contributed by atoms with Crippen LogP contribution >= 0.6 is 0 Å². The molecule has 2 fully saturated rings. The second-order valence-electron chi connectivity index (χ2n) is 6.31. The van der Waals surface area contributed by atoms with Gasteiger partial charge in [0.25, 0.3) is 0 Å². The van der Waals surface area contributed by atoms with E-state index < -0.39 is 0 Å². The molecule has 1 aliphatic carbocycles. The summed E-state index contributed by atoms with van der Waals surface area (Å²) in [5.74, 6) is 1.76. The van der Waals surface area contributed by atoms with Gasteiger partial charge in [0.15, 0.2) is 0 Å². The molecule has 2 unspecified atom stereocenters. The van der Waals surface area contributed by atoms with Gasteiger partial charge in [0, 0.05) is 11.3 Å². The molecule has 0 aromatic rings. The maximum atomic E-state index is 12.7. The van der Waals surface area contributed by atoms with Crippen LogP contribution in [0.4, 0.5) is 0 Å². The van der Waals surface area contributed by atoms with Crippen LogP contribution in [0.3, 0.4) is 0 Å². The van der Waals surface area contributed by atoms with Gasteiger partial charge in [0.2, 0.25) is 0 Å². The summed E-state index contributed by atoms with van der Waals surface area (Å²) in [5.41, 5.74) is -0.0223. The Balaban J connectivity index is 1.98. The molecule has 1 N–H and O–H groups in total. The van der Waals surface area contributed by atoms with Crippen LogP contribution in [0.25, 0.3) is 0 Å². The van der Waals surface area contributed by atoms with E-state index in [1.807, 2.05) is 0 Å². The Hall–Kier alpha value is -0.370. The molecule has 2 rings (SSSR count). The summed E-state index contributed by atoms with van der Waals surface area (Å²) in [6.07, 6.45) is 8.26. The molecular formula is C15H27NO. The summed E-state index contributed by atoms with van der Waals surface area (Å²) in [7, 11) is 0. The first-order chi connectivity index (χ1) is 8.15. The van der Waals surface area contributed by atoms with Gasteiger partial charge in [-0.2, -0.15) is 0 Å². The van der Waals surface area contributed by atoms with Crippen LogP contribution in [0.5, 0.6) is 0 Å². The number of carbonyl (C=O) groups excluding carboxylic acids is 1. The van der Waals surface area contributed by atoms with E-state index in [4.69, 9.17) is 0 Å². The van der Waals surface area contributed by atoms with E-state index in [2.05, 4.69) is 19.2 Å². The minimum Gasteiger partial charge on any atom is -0.317 e. The van der Waals surface area contributed by atoms with Crippen molar-refractivity contribution < 1.29 is 4.79 Å². The van der Waals surface area contributed by atoms with Crippen molar-refractivity contribution in [2.45, 2.75) is 58.8 Å². The molecule has 0 radical (unpaired) electrons. The third-order valence-electron chi connectivity index (χ3n) is 5.03. The lowest BCUT2D eigenvalue weighted by atomic mass is 9.68. The number of hydrogen-bond acceptors (Lipinski definition) is 2. The maximum absolute atomic E-state index is 12.7. The number of ketones is 1. The van der Waals surface area contributed by atoms with Crippen molar-refractivity contribution in [3.63, 3.8) is 0 Å². The molecule has 0 spiro atoms. The largest absolute Gasteiger partial charge is 0.317 e. The van der Waals surface area contributed by atoms with Crippen molar-refractivity contribution in [3.8, 4) is 0 Å². The van der Waals surface area contributed by atoms with Crippen LogP contribution < -0.4 is 5.32 Å². The number of Topliss-reactive ketones (excluding diaryl/α,β-unsaturated/α-hetero) is 1. The lowest BCUT2D eigenvalue weighted by molar-refractivity contribution is -0.135. The van der Waals surface area contributed by atoms with Crippen molar-refractivity contribution in [2.75, 3.05) is 13.1 Å². The molecule has 2 nitrogen and oxygen atoms in total. The third-order valence-corrected chi connectivity index (χ3v) is 5.03. The molecule has 1 heterocycles. The van der Waals surface area contributed by atoms with E-state index >= 15 is 0 Å². The smallest absolute Gasteiger partial charge is 0.141 e. The Morgan fingerprint density at radius 1 is 1.29 bits per heavy atom. The summed E-state index contributed by atoms with van der Waals surface area (Å²) in [6, 6.07) is 0. The van der Waals surface area contributed by atoms with Gasteiger partial charge in [0.1, 0.15) is 5.78 Å². The second-order valence-corrected chi connectivity index (χ2v) is 6.31. The van der Waals surface area contributed by atoms with Gasteiger partial charge in [-0.05, 0) is 44.7 Å². The quantitative estimate of drug-likeness (QED) is 0.817. The van der Waals surface area contributed by atoms with Crippen LogP contribution in [0, 0.1) is 17.3 Å². The number of carbonyl (C=O) groups is 1. The molecule has 0 aromatic carbocycles. The normalized spacial score (nSPS) is 33.3. The highest BCUT2D eigenvalue weighted by molar-refractivity contribution is 5.86. The number of nitrogens with one attached hydrogen (secondary N) is 1. The van der Waals surface area contributed by atoms with Crippen molar-refractivity contribution >= 4 is 5.78 Å². The van der Waals surface area contributed by atoms with Crippen LogP contribution in [-0.4, -0.2) is 18.9 Å². The number of piperidine rings is 1. The van der Waals surface area contributed by atoms with Gasteiger partial charge >= 0.3 is 0 Å². The van der Waals surface area contributed by atoms with Crippen molar-refractivity contribution in [1.29, 1.82) is 0 Å². The second kappa shape index (κ2) is 5.51. The molecule has 0 bridgehead atoms. The predicted octanol–water partition coefficient (Wildman–Crippen LogP) is 3.16. The van der Waals surface area contributed by atoms with Crippen LogP contribution in [0.15, 0.2) is 0 Å². The fourth-order valence-corrected chi connectivity index (χ4v) is 3.62. The van der Waals surface area contributed by atoms with E-state index in [1.165, 1.54) is 25.7 Å². The average molecular weight is 237 g/mol. The Morgan fingerprint density at radius 2 is 2.00 bits per heavy atom. The zero-order valence-electron chi connectivity index (χ0n) is 11.4. The SMILES string of the molecule is CCC1CCCC(C(=O)C2(C)CCNCC2)C1. The highest BCUT2D eigenvalue weighted by Gasteiger charge is 2.39. The minimum absolute atomic E-state index is 0.0223. The molecule has 2 heteroatoms. The van der Waals surface area contributed by atoms with E-state index in [9.17, 15) is 4.79 Å². The maximum Gasteiger partial charge on any atom is 0.141 e. The molecule has 2 aliphatic rings. The molecule has 0 aromatic heterocycles. The molecular weight excluding hydrogens is 210 g/mol. The molecule has 98 valence electrons. The first kappa shape index (κ1) is 13.1. The molecule has 2 atom stereocenters. The van der Waals surface area contributed by atoms with Gasteiger partial charge in [0.05, 0.1) is 0 Å². The van der Waals surface area contributed by atoms with Gasteiger partial charge in [-0.15, -0.1) is 0 Å². The van der Waals surface area contributed by atoms with Crippen LogP contribution in [-0.2, 0) is 4.79 Å². The highest BCUT2D eigenvalue weighted by Crippen LogP contribution is 2.39. The van der Waals surface area contributed by atoms with E-state index in [0.29, 0.717) is 11.7 Å². The van der Waals surface area contributed by atoms with Crippen molar-refractivity contribution in [3.05, 3.63) is 0 Å². The Bertz CT molecular complexity index is 268. The molecule has 1 saturated carbocycles. The lowest BCUT2D eigenvalue weighted by Crippen LogP contribution is -2.43. The number of rotatable bonds is 3. The van der Waals surface area contributed by atoms with E-state index in [0.717, 1.165) is 38.3 Å². The zero-order chi connectivity index (χ0) is 12.3. The summed E-state index contributed by atoms with van der Waals surface area (Å²) < 4.78 is 0. The van der Waals surface area contributed by atoms with Crippen molar-refractivity contribution in [1.82, 2.24) is 5.32 Å². The Kier molecular flexibility index (Phi) is 4.24. The fraction of sp³-hybridized carbons (Fsp3) is 0.933. The minimum atomic E-state index is -0.0223. The summed E-state index contributed by atoms with van der Waals surface area (Å²) in [4.78, 5) is 12.7. The zero-order valence-corrected chi connectivity index (χ0v) is 11.4. The summed E-state index contributed by atoms with van der Waals surface area (Å²) in [5, 5.41) is 3.37. The third kappa shape index (κ3) is 2.90. The van der Waals surface area contributed by atoms with Gasteiger partial charge < -0.3 is 5.32 Å². The van der Waals surface area contributed by atoms with E-state index in [-0.39, 0.29) is 5.41 Å². The summed E-state index contributed by atoms with van der Waals surface area (Å²) in [6.45, 7) is 6.51. The van der Waals surface area contributed by atoms with Gasteiger partial charge in [-0.1, -0.05) is 33.1 Å². The molecule has 17 heavy (non-hydrogen) atoms. The lowest BCUT2D eigenvalue weighted by Gasteiger charge is -2.38. The monoisotopic (exact) mass is 237 g/mol. The van der Waals surface area contributed by atoms with Gasteiger partial charge in [-0.3, -0.25) is 4.79 Å². The Labute approximate surface area is 106 Å². The fourth-order valence-electron chi connectivity index (χ4n) is 3.62. The highest BCUT2D eigenvalue weighted by atomic mass is 16.1. The number of hydrogen-bond donors (Lipinski definition) is 1. The topological polar surface area (TPSA) is 29.1 Å². The molecule has 1 aliphatic heterocycles. The molecule has 1 saturated heterocycles. The Morgan fingerprint density at radius 3 is 2.65 bits per heavy atom. The van der Waals surface area contributed by atoms with Crippen molar-refractivity contribution in [2.24, 2.45) is 17.3 Å². The molecule has 0 amide bonds. The van der Waals surface area contributed by atoms with Crippen LogP contribution in [0.2, 0.25) is 0 Å². The average Bonchev–Trinajstić information content (AvgIpc) is 2.39. The van der Waals surface area contributed by atoms with Gasteiger partial charge in [-0.25, -0.2) is 0 Å². The first-order valence-electron chi connectivity index (χ1n) is 7.41. The first-order valence-corrected chi connectivity index (χ1v) is 7.41. The van der Waals surface area contributed by atoms with E-state index in [1.54, 1.807) is 0 Å². The summed E-state index contributed by atoms with van der Waals surface area (Å²) >= 11 is 0. The predicted molar refractivity (Wildman–Crippen MR) is 71.0 cm³/mol.